The molecule has 3 amide bonds. The number of carbonyl (C=O) groups excluding carboxylic acids is 2. The highest BCUT2D eigenvalue weighted by Crippen LogP contribution is 2.19. The summed E-state index contributed by atoms with van der Waals surface area (Å²) < 4.78 is 0. The molecule has 1 aromatic rings. The van der Waals surface area contributed by atoms with E-state index in [4.69, 9.17) is 5.26 Å². The van der Waals surface area contributed by atoms with Crippen molar-refractivity contribution in [2.45, 2.75) is 33.2 Å². The lowest BCUT2D eigenvalue weighted by Gasteiger charge is -2.38. The third-order valence-corrected chi connectivity index (χ3v) is 4.89. The molecule has 1 aromatic carbocycles. The number of piperazine rings is 1. The standard InChI is InChI=1S/C20H29N5O2/c1-4-22-20(27)24-14-12-23(13-15-24)17(3)19(26)25(11-5-10-21)18-8-6-16(2)7-9-18/h6-9,17H,4-5,11-15H2,1-3H3,(H,22,27). The maximum absolute atomic E-state index is 13.1. The zero-order valence-electron chi connectivity index (χ0n) is 16.4. The predicted molar refractivity (Wildman–Crippen MR) is 105 cm³/mol. The van der Waals surface area contributed by atoms with Crippen LogP contribution in [0, 0.1) is 18.3 Å². The van der Waals surface area contributed by atoms with Gasteiger partial charge in [-0.05, 0) is 32.9 Å². The quantitative estimate of drug-likeness (QED) is 0.829. The maximum Gasteiger partial charge on any atom is 0.317 e. The second-order valence-electron chi connectivity index (χ2n) is 6.77. The first-order chi connectivity index (χ1) is 13.0. The van der Waals surface area contributed by atoms with Crippen LogP contribution in [0.2, 0.25) is 0 Å². The highest BCUT2D eigenvalue weighted by atomic mass is 16.2. The Morgan fingerprint density at radius 3 is 2.41 bits per heavy atom. The molecule has 1 heterocycles. The first kappa shape index (κ1) is 20.7. The van der Waals surface area contributed by atoms with Crippen molar-refractivity contribution in [2.75, 3.05) is 44.2 Å². The molecule has 0 aliphatic carbocycles. The van der Waals surface area contributed by atoms with Gasteiger partial charge in [-0.3, -0.25) is 9.69 Å². The highest BCUT2D eigenvalue weighted by Gasteiger charge is 2.30. The molecule has 0 saturated carbocycles. The van der Waals surface area contributed by atoms with Crippen molar-refractivity contribution in [2.24, 2.45) is 0 Å². The van der Waals surface area contributed by atoms with Crippen LogP contribution < -0.4 is 10.2 Å². The zero-order valence-corrected chi connectivity index (χ0v) is 16.4. The van der Waals surface area contributed by atoms with Crippen LogP contribution >= 0.6 is 0 Å². The van der Waals surface area contributed by atoms with E-state index in [1.54, 1.807) is 9.80 Å². The number of aryl methyl sites for hydroxylation is 1. The minimum Gasteiger partial charge on any atom is -0.338 e. The summed E-state index contributed by atoms with van der Waals surface area (Å²) in [6.07, 6.45) is 0.289. The van der Waals surface area contributed by atoms with E-state index in [9.17, 15) is 9.59 Å². The average molecular weight is 371 g/mol. The molecule has 146 valence electrons. The van der Waals surface area contributed by atoms with Gasteiger partial charge < -0.3 is 15.1 Å². The van der Waals surface area contributed by atoms with Crippen molar-refractivity contribution >= 4 is 17.6 Å². The van der Waals surface area contributed by atoms with Gasteiger partial charge in [-0.2, -0.15) is 5.26 Å². The molecule has 7 nitrogen and oxygen atoms in total. The van der Waals surface area contributed by atoms with Crippen molar-refractivity contribution < 1.29 is 9.59 Å². The van der Waals surface area contributed by atoms with Crippen molar-refractivity contribution in [1.29, 1.82) is 5.26 Å². The second-order valence-corrected chi connectivity index (χ2v) is 6.77. The summed E-state index contributed by atoms with van der Waals surface area (Å²) in [5, 5.41) is 11.8. The molecule has 7 heteroatoms. The Morgan fingerprint density at radius 2 is 1.85 bits per heavy atom. The Hall–Kier alpha value is -2.59. The molecule has 1 aliphatic rings. The number of urea groups is 1. The molecular weight excluding hydrogens is 342 g/mol. The number of rotatable bonds is 6. The smallest absolute Gasteiger partial charge is 0.317 e. The van der Waals surface area contributed by atoms with Gasteiger partial charge in [0.2, 0.25) is 5.91 Å². The maximum atomic E-state index is 13.1. The van der Waals surface area contributed by atoms with E-state index in [1.165, 1.54) is 0 Å². The van der Waals surface area contributed by atoms with E-state index in [0.29, 0.717) is 39.3 Å². The van der Waals surface area contributed by atoms with Gasteiger partial charge in [-0.25, -0.2) is 4.79 Å². The largest absolute Gasteiger partial charge is 0.338 e. The third-order valence-electron chi connectivity index (χ3n) is 4.89. The van der Waals surface area contributed by atoms with E-state index >= 15 is 0 Å². The summed E-state index contributed by atoms with van der Waals surface area (Å²) in [4.78, 5) is 30.7. The van der Waals surface area contributed by atoms with Crippen LogP contribution in [0.15, 0.2) is 24.3 Å². The van der Waals surface area contributed by atoms with Crippen molar-refractivity contribution in [3.05, 3.63) is 29.8 Å². The molecule has 0 bridgehead atoms. The van der Waals surface area contributed by atoms with Gasteiger partial charge in [0.25, 0.3) is 0 Å². The number of hydrogen-bond donors (Lipinski definition) is 1. The molecule has 1 saturated heterocycles. The van der Waals surface area contributed by atoms with E-state index < -0.39 is 0 Å². The Morgan fingerprint density at radius 1 is 1.22 bits per heavy atom. The van der Waals surface area contributed by atoms with E-state index in [2.05, 4.69) is 16.3 Å². The molecule has 1 fully saturated rings. The lowest BCUT2D eigenvalue weighted by molar-refractivity contribution is -0.123. The first-order valence-electron chi connectivity index (χ1n) is 9.49. The normalized spacial score (nSPS) is 15.7. The molecule has 1 N–H and O–H groups in total. The SMILES string of the molecule is CCNC(=O)N1CCN(C(C)C(=O)N(CCC#N)c2ccc(C)cc2)CC1. The van der Waals surface area contributed by atoms with Gasteiger partial charge >= 0.3 is 6.03 Å². The Kier molecular flexibility index (Phi) is 7.62. The minimum absolute atomic E-state index is 0.0134. The lowest BCUT2D eigenvalue weighted by atomic mass is 10.1. The molecule has 1 atom stereocenters. The number of nitrogens with zero attached hydrogens (tertiary/aromatic N) is 4. The molecule has 2 rings (SSSR count). The molecular formula is C20H29N5O2. The van der Waals surface area contributed by atoms with Gasteiger partial charge in [0.1, 0.15) is 0 Å². The molecule has 1 unspecified atom stereocenters. The first-order valence-corrected chi connectivity index (χ1v) is 9.49. The van der Waals surface area contributed by atoms with E-state index in [0.717, 1.165) is 11.3 Å². The van der Waals surface area contributed by atoms with Gasteiger partial charge in [0, 0.05) is 45.0 Å². The van der Waals surface area contributed by atoms with Crippen LogP contribution in [0.25, 0.3) is 0 Å². The number of nitriles is 1. The summed E-state index contributed by atoms with van der Waals surface area (Å²) >= 11 is 0. The monoisotopic (exact) mass is 371 g/mol. The summed E-state index contributed by atoms with van der Waals surface area (Å²) in [6.45, 7) is 9.31. The average Bonchev–Trinajstić information content (AvgIpc) is 2.69. The fourth-order valence-electron chi connectivity index (χ4n) is 3.21. The van der Waals surface area contributed by atoms with Crippen molar-refractivity contribution in [1.82, 2.24) is 15.1 Å². The lowest BCUT2D eigenvalue weighted by Crippen LogP contribution is -2.57. The Balaban J connectivity index is 2.03. The number of anilines is 1. The minimum atomic E-state index is -0.304. The summed E-state index contributed by atoms with van der Waals surface area (Å²) in [7, 11) is 0. The van der Waals surface area contributed by atoms with Gasteiger partial charge in [0.15, 0.2) is 0 Å². The molecule has 0 spiro atoms. The van der Waals surface area contributed by atoms with Crippen LogP contribution in [-0.2, 0) is 4.79 Å². The third kappa shape index (κ3) is 5.44. The van der Waals surface area contributed by atoms with Gasteiger partial charge in [-0.1, -0.05) is 17.7 Å². The summed E-state index contributed by atoms with van der Waals surface area (Å²) in [5.41, 5.74) is 1.94. The van der Waals surface area contributed by atoms with E-state index in [1.807, 2.05) is 45.0 Å². The Labute approximate surface area is 161 Å². The van der Waals surface area contributed by atoms with Crippen LogP contribution in [0.4, 0.5) is 10.5 Å². The van der Waals surface area contributed by atoms with E-state index in [-0.39, 0.29) is 24.4 Å². The van der Waals surface area contributed by atoms with Crippen LogP contribution in [-0.4, -0.2) is 67.0 Å². The van der Waals surface area contributed by atoms with Gasteiger partial charge in [-0.15, -0.1) is 0 Å². The van der Waals surface area contributed by atoms with Crippen molar-refractivity contribution in [3.8, 4) is 6.07 Å². The molecule has 0 radical (unpaired) electrons. The number of benzene rings is 1. The predicted octanol–water partition coefficient (Wildman–Crippen LogP) is 1.98. The Bertz CT molecular complexity index is 675. The zero-order chi connectivity index (χ0) is 19.8. The molecule has 0 aromatic heterocycles. The number of amides is 3. The van der Waals surface area contributed by atoms with Crippen LogP contribution in [0.1, 0.15) is 25.8 Å². The molecule has 1 aliphatic heterocycles. The van der Waals surface area contributed by atoms with Gasteiger partial charge in [0.05, 0.1) is 18.5 Å². The highest BCUT2D eigenvalue weighted by molar-refractivity contribution is 5.97. The number of nitrogens with one attached hydrogen (secondary N) is 1. The molecule has 27 heavy (non-hydrogen) atoms. The number of hydrogen-bond acceptors (Lipinski definition) is 4. The second kappa shape index (κ2) is 9.93. The fourth-order valence-corrected chi connectivity index (χ4v) is 3.21. The van der Waals surface area contributed by atoms with Crippen LogP contribution in [0.5, 0.6) is 0 Å². The fraction of sp³-hybridized carbons (Fsp3) is 0.550. The number of carbonyl (C=O) groups is 2. The summed E-state index contributed by atoms with van der Waals surface area (Å²) in [5.74, 6) is -0.0134. The topological polar surface area (TPSA) is 79.7 Å². The van der Waals surface area contributed by atoms with Crippen molar-refractivity contribution in [3.63, 3.8) is 0 Å². The van der Waals surface area contributed by atoms with Crippen LogP contribution in [0.3, 0.4) is 0 Å². The summed E-state index contributed by atoms with van der Waals surface area (Å²) in [6, 6.07) is 9.55.